The van der Waals surface area contributed by atoms with E-state index in [0.717, 1.165) is 28.3 Å². The molecule has 0 radical (unpaired) electrons. The summed E-state index contributed by atoms with van der Waals surface area (Å²) in [4.78, 5) is 6.33. The lowest BCUT2D eigenvalue weighted by atomic mass is 10.1. The molecule has 0 saturated carbocycles. The van der Waals surface area contributed by atoms with Crippen LogP contribution in [-0.2, 0) is 13.1 Å². The van der Waals surface area contributed by atoms with E-state index in [2.05, 4.69) is 21.3 Å². The minimum atomic E-state index is 0.618. The van der Waals surface area contributed by atoms with Crippen molar-refractivity contribution in [3.8, 4) is 11.5 Å². The second kappa shape index (κ2) is 10.4. The fourth-order valence-corrected chi connectivity index (χ4v) is 3.17. The highest BCUT2D eigenvalue weighted by Gasteiger charge is 2.14. The lowest BCUT2D eigenvalue weighted by molar-refractivity contribution is 0.327. The smallest absolute Gasteiger partial charge is 0.174 e. The van der Waals surface area contributed by atoms with E-state index in [1.54, 1.807) is 13.3 Å². The van der Waals surface area contributed by atoms with Crippen molar-refractivity contribution in [3.63, 3.8) is 0 Å². The van der Waals surface area contributed by atoms with Gasteiger partial charge in [-0.05, 0) is 61.1 Å². The van der Waals surface area contributed by atoms with Crippen LogP contribution in [0.3, 0.4) is 0 Å². The molecule has 5 nitrogen and oxygen atoms in total. The van der Waals surface area contributed by atoms with Gasteiger partial charge in [0.05, 0.1) is 13.7 Å². The molecular formula is C23H25N3O2S. The summed E-state index contributed by atoms with van der Waals surface area (Å²) in [6.07, 6.45) is 3.63. The molecule has 0 atom stereocenters. The lowest BCUT2D eigenvalue weighted by Crippen LogP contribution is -2.34. The zero-order chi connectivity index (χ0) is 20.5. The van der Waals surface area contributed by atoms with Gasteiger partial charge in [-0.2, -0.15) is 0 Å². The van der Waals surface area contributed by atoms with Gasteiger partial charge < -0.3 is 19.7 Å². The molecule has 6 heteroatoms. The molecule has 0 aliphatic heterocycles. The van der Waals surface area contributed by atoms with Crippen LogP contribution in [0.2, 0.25) is 0 Å². The molecule has 150 valence electrons. The van der Waals surface area contributed by atoms with E-state index in [-0.39, 0.29) is 0 Å². The Morgan fingerprint density at radius 1 is 1.03 bits per heavy atom. The quantitative estimate of drug-likeness (QED) is 0.537. The Balaban J connectivity index is 1.81. The van der Waals surface area contributed by atoms with Crippen LogP contribution in [0.4, 0.5) is 5.69 Å². The van der Waals surface area contributed by atoms with Crippen LogP contribution in [0.15, 0.2) is 73.1 Å². The van der Waals surface area contributed by atoms with E-state index in [1.165, 1.54) is 0 Å². The minimum absolute atomic E-state index is 0.618. The number of aromatic nitrogens is 1. The molecule has 0 fully saturated rings. The molecule has 1 aromatic heterocycles. The van der Waals surface area contributed by atoms with Crippen LogP contribution in [0.5, 0.6) is 11.5 Å². The topological polar surface area (TPSA) is 46.6 Å². The lowest BCUT2D eigenvalue weighted by Gasteiger charge is -2.27. The van der Waals surface area contributed by atoms with Crippen LogP contribution in [0.25, 0.3) is 0 Å². The molecule has 0 aliphatic carbocycles. The molecule has 0 spiro atoms. The van der Waals surface area contributed by atoms with Crippen molar-refractivity contribution < 1.29 is 9.47 Å². The summed E-state index contributed by atoms with van der Waals surface area (Å²) in [5.74, 6) is 1.68. The van der Waals surface area contributed by atoms with Crippen molar-refractivity contribution in [2.45, 2.75) is 20.0 Å². The summed E-state index contributed by atoms with van der Waals surface area (Å²) in [6.45, 7) is 3.86. The number of ether oxygens (including phenoxy) is 2. The van der Waals surface area contributed by atoms with Crippen molar-refractivity contribution in [2.75, 3.05) is 19.0 Å². The van der Waals surface area contributed by atoms with Gasteiger partial charge in [-0.15, -0.1) is 0 Å². The Labute approximate surface area is 177 Å². The maximum Gasteiger partial charge on any atom is 0.174 e. The average Bonchev–Trinajstić information content (AvgIpc) is 2.76. The summed E-state index contributed by atoms with van der Waals surface area (Å²) in [6, 6.07) is 19.7. The largest absolute Gasteiger partial charge is 0.497 e. The molecule has 0 amide bonds. The number of rotatable bonds is 8. The highest BCUT2D eigenvalue weighted by atomic mass is 32.1. The summed E-state index contributed by atoms with van der Waals surface area (Å²) in [5, 5.41) is 3.96. The molecule has 2 aromatic carbocycles. The Morgan fingerprint density at radius 2 is 1.83 bits per heavy atom. The van der Waals surface area contributed by atoms with E-state index < -0.39 is 0 Å². The van der Waals surface area contributed by atoms with E-state index in [1.807, 2.05) is 67.7 Å². The van der Waals surface area contributed by atoms with Crippen molar-refractivity contribution in [1.82, 2.24) is 9.88 Å². The van der Waals surface area contributed by atoms with Gasteiger partial charge in [-0.3, -0.25) is 4.98 Å². The number of hydrogen-bond donors (Lipinski definition) is 1. The maximum atomic E-state index is 5.80. The van der Waals surface area contributed by atoms with Crippen LogP contribution in [-0.4, -0.2) is 28.7 Å². The minimum Gasteiger partial charge on any atom is -0.497 e. The molecule has 0 unspecified atom stereocenters. The molecule has 3 rings (SSSR count). The van der Waals surface area contributed by atoms with Gasteiger partial charge in [0, 0.05) is 36.7 Å². The van der Waals surface area contributed by atoms with Gasteiger partial charge >= 0.3 is 0 Å². The number of thiocarbonyl (C=S) groups is 1. The van der Waals surface area contributed by atoms with Crippen molar-refractivity contribution in [1.29, 1.82) is 0 Å². The summed E-state index contributed by atoms with van der Waals surface area (Å²) in [5.41, 5.74) is 3.07. The van der Waals surface area contributed by atoms with E-state index in [0.29, 0.717) is 24.8 Å². The molecule has 0 bridgehead atoms. The zero-order valence-corrected chi connectivity index (χ0v) is 17.5. The van der Waals surface area contributed by atoms with Crippen LogP contribution in [0.1, 0.15) is 18.1 Å². The zero-order valence-electron chi connectivity index (χ0n) is 16.7. The molecule has 0 saturated heterocycles. The third-order valence-electron chi connectivity index (χ3n) is 4.36. The Bertz CT molecular complexity index is 917. The van der Waals surface area contributed by atoms with Gasteiger partial charge in [-0.1, -0.05) is 24.3 Å². The third kappa shape index (κ3) is 5.93. The summed E-state index contributed by atoms with van der Waals surface area (Å²) in [7, 11) is 1.65. The second-order valence-electron chi connectivity index (χ2n) is 6.42. The highest BCUT2D eigenvalue weighted by molar-refractivity contribution is 7.80. The predicted octanol–water partition coefficient (Wildman–Crippen LogP) is 4.89. The number of pyridine rings is 1. The first-order valence-electron chi connectivity index (χ1n) is 9.49. The number of nitrogens with zero attached hydrogens (tertiary/aromatic N) is 2. The molecule has 1 heterocycles. The van der Waals surface area contributed by atoms with Crippen LogP contribution < -0.4 is 14.8 Å². The number of methoxy groups -OCH3 is 1. The predicted molar refractivity (Wildman–Crippen MR) is 120 cm³/mol. The van der Waals surface area contributed by atoms with E-state index in [9.17, 15) is 0 Å². The Hall–Kier alpha value is -3.12. The number of nitrogens with one attached hydrogen (secondary N) is 1. The van der Waals surface area contributed by atoms with Crippen molar-refractivity contribution >= 4 is 23.0 Å². The first-order valence-corrected chi connectivity index (χ1v) is 9.90. The van der Waals surface area contributed by atoms with Crippen LogP contribution >= 0.6 is 12.2 Å². The SMILES string of the molecule is CCOc1ccccc1CN(Cc1cccnc1)C(=S)Nc1ccc(OC)cc1. The van der Waals surface area contributed by atoms with Gasteiger partial charge in [-0.25, -0.2) is 0 Å². The monoisotopic (exact) mass is 407 g/mol. The number of benzene rings is 2. The standard InChI is InChI=1S/C23H25N3O2S/c1-3-28-22-9-5-4-8-19(22)17-26(16-18-7-6-14-24-15-18)23(29)25-20-10-12-21(27-2)13-11-20/h4-15H,3,16-17H2,1-2H3,(H,25,29). The molecular weight excluding hydrogens is 382 g/mol. The first kappa shape index (κ1) is 20.6. The van der Waals surface area contributed by atoms with E-state index >= 15 is 0 Å². The Kier molecular flexibility index (Phi) is 7.41. The molecule has 0 aliphatic rings. The molecule has 29 heavy (non-hydrogen) atoms. The fraction of sp³-hybridized carbons (Fsp3) is 0.217. The summed E-state index contributed by atoms with van der Waals surface area (Å²) < 4.78 is 11.0. The first-order chi connectivity index (χ1) is 14.2. The van der Waals surface area contributed by atoms with Gasteiger partial charge in [0.1, 0.15) is 11.5 Å². The summed E-state index contributed by atoms with van der Waals surface area (Å²) >= 11 is 5.75. The third-order valence-corrected chi connectivity index (χ3v) is 4.72. The normalized spacial score (nSPS) is 10.3. The van der Waals surface area contributed by atoms with Crippen LogP contribution in [0, 0.1) is 0 Å². The van der Waals surface area contributed by atoms with Crippen molar-refractivity contribution in [3.05, 3.63) is 84.2 Å². The van der Waals surface area contributed by atoms with Gasteiger partial charge in [0.25, 0.3) is 0 Å². The second-order valence-corrected chi connectivity index (χ2v) is 6.80. The maximum absolute atomic E-state index is 5.80. The number of para-hydroxylation sites is 1. The Morgan fingerprint density at radius 3 is 2.52 bits per heavy atom. The van der Waals surface area contributed by atoms with Crippen molar-refractivity contribution in [2.24, 2.45) is 0 Å². The highest BCUT2D eigenvalue weighted by Crippen LogP contribution is 2.22. The number of anilines is 1. The van der Waals surface area contributed by atoms with E-state index in [4.69, 9.17) is 21.7 Å². The molecule has 1 N–H and O–H groups in total. The fourth-order valence-electron chi connectivity index (χ4n) is 2.92. The van der Waals surface area contributed by atoms with Gasteiger partial charge in [0.15, 0.2) is 5.11 Å². The number of hydrogen-bond acceptors (Lipinski definition) is 4. The average molecular weight is 408 g/mol. The molecule has 3 aromatic rings. The van der Waals surface area contributed by atoms with Gasteiger partial charge in [0.2, 0.25) is 0 Å².